The van der Waals surface area contributed by atoms with Gasteiger partial charge in [-0.1, -0.05) is 35.3 Å². The minimum absolute atomic E-state index is 0.101. The molecule has 1 atom stereocenters. The number of hydrogen-bond acceptors (Lipinski definition) is 5. The maximum Gasteiger partial charge on any atom is 0.251 e. The molecule has 0 aliphatic carbocycles. The first-order chi connectivity index (χ1) is 15.3. The van der Waals surface area contributed by atoms with Crippen molar-refractivity contribution in [1.29, 1.82) is 0 Å². The number of nitrogens with two attached hydrogens (primary N) is 1. The summed E-state index contributed by atoms with van der Waals surface area (Å²) in [6.45, 7) is 1.67. The Labute approximate surface area is 193 Å². The predicted molar refractivity (Wildman–Crippen MR) is 123 cm³/mol. The van der Waals surface area contributed by atoms with Gasteiger partial charge in [-0.2, -0.15) is 0 Å². The van der Waals surface area contributed by atoms with Gasteiger partial charge in [0.2, 0.25) is 5.75 Å². The van der Waals surface area contributed by atoms with E-state index >= 15 is 0 Å². The summed E-state index contributed by atoms with van der Waals surface area (Å²) in [6, 6.07) is 9.64. The van der Waals surface area contributed by atoms with E-state index in [0.29, 0.717) is 22.1 Å². The molecule has 0 saturated heterocycles. The maximum atomic E-state index is 14.0. The molecule has 3 N–H and O–H groups in total. The van der Waals surface area contributed by atoms with Crippen LogP contribution in [0.15, 0.2) is 53.3 Å². The number of nitrogen functional groups attached to an aromatic ring is 1. The quantitative estimate of drug-likeness (QED) is 0.345. The SMILES string of the molecule is CNC(=O)c1ccc(-c2coc3c(OC(C)c4c(Cl)ccc(F)c4Cl)c(N)ncc23)cc1. The second kappa shape index (κ2) is 8.68. The summed E-state index contributed by atoms with van der Waals surface area (Å²) in [5.41, 5.74) is 8.82. The van der Waals surface area contributed by atoms with Crippen molar-refractivity contribution in [2.75, 3.05) is 12.8 Å². The molecule has 6 nitrogen and oxygen atoms in total. The number of benzene rings is 2. The van der Waals surface area contributed by atoms with Crippen molar-refractivity contribution in [3.63, 3.8) is 0 Å². The van der Waals surface area contributed by atoms with Gasteiger partial charge in [-0.25, -0.2) is 9.37 Å². The van der Waals surface area contributed by atoms with E-state index in [1.165, 1.54) is 12.1 Å². The lowest BCUT2D eigenvalue weighted by molar-refractivity contribution is 0.0963. The van der Waals surface area contributed by atoms with Crippen molar-refractivity contribution >= 4 is 45.9 Å². The zero-order valence-electron chi connectivity index (χ0n) is 17.1. The van der Waals surface area contributed by atoms with Crippen LogP contribution in [0, 0.1) is 5.82 Å². The normalized spacial score (nSPS) is 12.0. The molecule has 4 rings (SSSR count). The van der Waals surface area contributed by atoms with E-state index in [1.54, 1.807) is 50.7 Å². The number of ether oxygens (including phenoxy) is 1. The van der Waals surface area contributed by atoms with Gasteiger partial charge in [0.25, 0.3) is 5.91 Å². The topological polar surface area (TPSA) is 90.4 Å². The summed E-state index contributed by atoms with van der Waals surface area (Å²) in [5.74, 6) is -0.489. The van der Waals surface area contributed by atoms with Crippen molar-refractivity contribution in [1.82, 2.24) is 10.3 Å². The lowest BCUT2D eigenvalue weighted by atomic mass is 10.0. The Balaban J connectivity index is 1.73. The van der Waals surface area contributed by atoms with E-state index < -0.39 is 11.9 Å². The smallest absolute Gasteiger partial charge is 0.251 e. The van der Waals surface area contributed by atoms with Gasteiger partial charge in [-0.05, 0) is 36.8 Å². The molecule has 0 saturated carbocycles. The summed E-state index contributed by atoms with van der Waals surface area (Å²) < 4.78 is 25.7. The highest BCUT2D eigenvalue weighted by Gasteiger charge is 2.23. The largest absolute Gasteiger partial charge is 0.478 e. The third kappa shape index (κ3) is 3.85. The van der Waals surface area contributed by atoms with Crippen molar-refractivity contribution < 1.29 is 18.3 Å². The number of hydrogen-bond donors (Lipinski definition) is 2. The van der Waals surface area contributed by atoms with E-state index in [2.05, 4.69) is 10.3 Å². The molecule has 2 aromatic carbocycles. The second-order valence-electron chi connectivity index (χ2n) is 7.04. The van der Waals surface area contributed by atoms with Crippen LogP contribution in [0.3, 0.4) is 0 Å². The van der Waals surface area contributed by atoms with Crippen LogP contribution in [0.4, 0.5) is 10.2 Å². The van der Waals surface area contributed by atoms with Gasteiger partial charge >= 0.3 is 0 Å². The molecule has 2 aromatic heterocycles. The summed E-state index contributed by atoms with van der Waals surface area (Å²) in [5, 5.41) is 3.38. The lowest BCUT2D eigenvalue weighted by Gasteiger charge is -2.18. The Hall–Kier alpha value is -3.29. The molecule has 0 fully saturated rings. The molecular formula is C23H18Cl2FN3O3. The number of anilines is 1. The number of aromatic nitrogens is 1. The highest BCUT2D eigenvalue weighted by molar-refractivity contribution is 6.36. The molecule has 0 bridgehead atoms. The van der Waals surface area contributed by atoms with Crippen LogP contribution in [0.5, 0.6) is 5.75 Å². The van der Waals surface area contributed by atoms with Crippen LogP contribution >= 0.6 is 23.2 Å². The van der Waals surface area contributed by atoms with Crippen molar-refractivity contribution in [3.05, 3.63) is 75.8 Å². The lowest BCUT2D eigenvalue weighted by Crippen LogP contribution is -2.17. The number of amides is 1. The number of carbonyl (C=O) groups is 1. The van der Waals surface area contributed by atoms with E-state index in [9.17, 15) is 9.18 Å². The number of nitrogens with one attached hydrogen (secondary N) is 1. The van der Waals surface area contributed by atoms with Crippen LogP contribution in [0.1, 0.15) is 28.9 Å². The third-order valence-electron chi connectivity index (χ3n) is 5.07. The predicted octanol–water partition coefficient (Wildman–Crippen LogP) is 6.02. The second-order valence-corrected chi connectivity index (χ2v) is 7.82. The van der Waals surface area contributed by atoms with Gasteiger partial charge in [0.05, 0.1) is 16.7 Å². The summed E-state index contributed by atoms with van der Waals surface area (Å²) in [7, 11) is 1.57. The zero-order chi connectivity index (χ0) is 23.0. The zero-order valence-corrected chi connectivity index (χ0v) is 18.6. The Bertz CT molecular complexity index is 1320. The molecule has 4 aromatic rings. The number of pyridine rings is 1. The molecular weight excluding hydrogens is 456 g/mol. The highest BCUT2D eigenvalue weighted by atomic mass is 35.5. The molecule has 1 amide bonds. The van der Waals surface area contributed by atoms with Crippen LogP contribution in [0.25, 0.3) is 22.1 Å². The Kier molecular flexibility index (Phi) is 5.95. The molecule has 0 radical (unpaired) electrons. The highest BCUT2D eigenvalue weighted by Crippen LogP contribution is 2.41. The van der Waals surface area contributed by atoms with Crippen LogP contribution < -0.4 is 15.8 Å². The van der Waals surface area contributed by atoms with E-state index in [1.807, 2.05) is 0 Å². The minimum Gasteiger partial charge on any atom is -0.478 e. The monoisotopic (exact) mass is 473 g/mol. The van der Waals surface area contributed by atoms with Gasteiger partial charge < -0.3 is 20.2 Å². The number of carbonyl (C=O) groups excluding carboxylic acids is 1. The molecule has 2 heterocycles. The Morgan fingerprint density at radius 2 is 1.94 bits per heavy atom. The first kappa shape index (κ1) is 21.9. The average Bonchev–Trinajstić information content (AvgIpc) is 3.22. The molecule has 0 aliphatic heterocycles. The molecule has 0 aliphatic rings. The first-order valence-corrected chi connectivity index (χ1v) is 10.4. The van der Waals surface area contributed by atoms with E-state index in [0.717, 1.165) is 11.1 Å². The van der Waals surface area contributed by atoms with Gasteiger partial charge in [-0.3, -0.25) is 4.79 Å². The van der Waals surface area contributed by atoms with E-state index in [-0.39, 0.29) is 27.5 Å². The molecule has 32 heavy (non-hydrogen) atoms. The minimum atomic E-state index is -0.735. The van der Waals surface area contributed by atoms with Gasteiger partial charge in [-0.15, -0.1) is 0 Å². The standard InChI is InChI=1S/C23H18Cl2FN3O3/c1-11(18-16(24)7-8-17(26)19(18)25)32-21-20-14(9-29-22(21)27)15(10-31-20)12-3-5-13(6-4-12)23(30)28-2/h3-11H,1-2H3,(H2,27,29)(H,28,30). The summed E-state index contributed by atoms with van der Waals surface area (Å²) >= 11 is 12.3. The van der Waals surface area contributed by atoms with Gasteiger partial charge in [0.15, 0.2) is 11.4 Å². The average molecular weight is 474 g/mol. The number of furan rings is 1. The first-order valence-electron chi connectivity index (χ1n) is 9.60. The fraction of sp³-hybridized carbons (Fsp3) is 0.130. The van der Waals surface area contributed by atoms with Gasteiger partial charge in [0.1, 0.15) is 11.9 Å². The summed E-state index contributed by atoms with van der Waals surface area (Å²) in [6.07, 6.45) is 2.40. The number of fused-ring (bicyclic) bond motifs is 1. The van der Waals surface area contributed by atoms with Crippen molar-refractivity contribution in [2.24, 2.45) is 0 Å². The van der Waals surface area contributed by atoms with Crippen LogP contribution in [-0.2, 0) is 0 Å². The number of nitrogens with zero attached hydrogens (tertiary/aromatic N) is 1. The van der Waals surface area contributed by atoms with Crippen molar-refractivity contribution in [3.8, 4) is 16.9 Å². The fourth-order valence-corrected chi connectivity index (χ4v) is 4.09. The Morgan fingerprint density at radius 3 is 2.62 bits per heavy atom. The maximum absolute atomic E-state index is 14.0. The molecule has 164 valence electrons. The number of halogens is 3. The third-order valence-corrected chi connectivity index (χ3v) is 5.78. The molecule has 1 unspecified atom stereocenters. The Morgan fingerprint density at radius 1 is 1.22 bits per heavy atom. The van der Waals surface area contributed by atoms with Crippen molar-refractivity contribution in [2.45, 2.75) is 13.0 Å². The summed E-state index contributed by atoms with van der Waals surface area (Å²) in [4.78, 5) is 16.0. The number of rotatable bonds is 5. The fourth-order valence-electron chi connectivity index (χ4n) is 3.41. The molecule has 0 spiro atoms. The van der Waals surface area contributed by atoms with Crippen LogP contribution in [0.2, 0.25) is 10.0 Å². The molecule has 9 heteroatoms. The van der Waals surface area contributed by atoms with Crippen LogP contribution in [-0.4, -0.2) is 17.9 Å². The van der Waals surface area contributed by atoms with E-state index in [4.69, 9.17) is 38.1 Å². The van der Waals surface area contributed by atoms with Gasteiger partial charge in [0, 0.05) is 35.0 Å².